The molecule has 2 aromatic carbocycles. The Morgan fingerprint density at radius 2 is 1.86 bits per heavy atom. The summed E-state index contributed by atoms with van der Waals surface area (Å²) in [7, 11) is 1.25. The van der Waals surface area contributed by atoms with Gasteiger partial charge in [0.1, 0.15) is 16.1 Å². The molecule has 3 aromatic rings. The van der Waals surface area contributed by atoms with Gasteiger partial charge in [-0.05, 0) is 24.6 Å². The van der Waals surface area contributed by atoms with Crippen LogP contribution in [0.4, 0.5) is 10.7 Å². The summed E-state index contributed by atoms with van der Waals surface area (Å²) in [6, 6.07) is 13.0. The van der Waals surface area contributed by atoms with Crippen LogP contribution in [-0.4, -0.2) is 23.9 Å². The van der Waals surface area contributed by atoms with Crippen molar-refractivity contribution in [2.45, 2.75) is 6.92 Å². The smallest absolute Gasteiger partial charge is 0.341 e. The van der Waals surface area contributed by atoms with E-state index in [1.807, 2.05) is 37.3 Å². The third-order valence-electron chi connectivity index (χ3n) is 4.16. The van der Waals surface area contributed by atoms with Crippen LogP contribution < -0.4 is 5.32 Å². The topological polar surface area (TPSA) is 98.5 Å². The predicted octanol–water partition coefficient (Wildman–Crippen LogP) is 5.32. The highest BCUT2D eigenvalue weighted by atomic mass is 35.5. The van der Waals surface area contributed by atoms with Crippen molar-refractivity contribution in [3.8, 4) is 11.1 Å². The number of ether oxygens (including phenoxy) is 1. The molecule has 0 saturated heterocycles. The van der Waals surface area contributed by atoms with Gasteiger partial charge in [0, 0.05) is 21.5 Å². The first-order chi connectivity index (χ1) is 13.8. The summed E-state index contributed by atoms with van der Waals surface area (Å²) in [5, 5.41) is 14.3. The van der Waals surface area contributed by atoms with E-state index in [0.717, 1.165) is 16.5 Å². The fourth-order valence-corrected chi connectivity index (χ4v) is 4.13. The summed E-state index contributed by atoms with van der Waals surface area (Å²) in [6.07, 6.45) is 0. The molecule has 0 spiro atoms. The van der Waals surface area contributed by atoms with E-state index in [0.29, 0.717) is 5.56 Å². The van der Waals surface area contributed by atoms with Crippen molar-refractivity contribution >= 4 is 45.5 Å². The molecular formula is C20H15ClN2O5S. The molecule has 0 radical (unpaired) electrons. The second-order valence-electron chi connectivity index (χ2n) is 5.97. The van der Waals surface area contributed by atoms with E-state index in [1.165, 1.54) is 30.6 Å². The van der Waals surface area contributed by atoms with Crippen LogP contribution in [0.15, 0.2) is 48.5 Å². The highest BCUT2D eigenvalue weighted by Crippen LogP contribution is 2.40. The number of anilines is 1. The maximum Gasteiger partial charge on any atom is 0.341 e. The van der Waals surface area contributed by atoms with Gasteiger partial charge in [0.15, 0.2) is 0 Å². The quantitative estimate of drug-likeness (QED) is 0.335. The Labute approximate surface area is 175 Å². The SMILES string of the molecule is COC(=O)c1c(NC(=O)c2ccc(Cl)cc2[N+](=O)[O-])sc(C)c1-c1ccccc1. The molecule has 3 rings (SSSR count). The molecule has 1 aromatic heterocycles. The number of aryl methyl sites for hydroxylation is 1. The van der Waals surface area contributed by atoms with Crippen LogP contribution in [0.2, 0.25) is 5.02 Å². The number of carbonyl (C=O) groups is 2. The first-order valence-corrected chi connectivity index (χ1v) is 9.55. The van der Waals surface area contributed by atoms with Crippen LogP contribution in [0, 0.1) is 17.0 Å². The minimum atomic E-state index is -0.723. The fraction of sp³-hybridized carbons (Fsp3) is 0.100. The number of esters is 1. The lowest BCUT2D eigenvalue weighted by atomic mass is 10.0. The molecule has 0 atom stereocenters. The van der Waals surface area contributed by atoms with Gasteiger partial charge in [-0.3, -0.25) is 14.9 Å². The van der Waals surface area contributed by atoms with Crippen LogP contribution in [0.25, 0.3) is 11.1 Å². The van der Waals surface area contributed by atoms with Crippen LogP contribution in [0.5, 0.6) is 0 Å². The first-order valence-electron chi connectivity index (χ1n) is 8.36. The van der Waals surface area contributed by atoms with Gasteiger partial charge in [0.25, 0.3) is 11.6 Å². The molecule has 0 aliphatic carbocycles. The number of carbonyl (C=O) groups excluding carboxylic acids is 2. The van der Waals surface area contributed by atoms with Crippen molar-refractivity contribution in [3.63, 3.8) is 0 Å². The van der Waals surface area contributed by atoms with Crippen molar-refractivity contribution in [3.05, 3.63) is 79.7 Å². The van der Waals surface area contributed by atoms with Crippen molar-refractivity contribution in [1.82, 2.24) is 0 Å². The number of halogens is 1. The molecule has 148 valence electrons. The highest BCUT2D eigenvalue weighted by molar-refractivity contribution is 7.17. The number of methoxy groups -OCH3 is 1. The van der Waals surface area contributed by atoms with Crippen LogP contribution in [-0.2, 0) is 4.74 Å². The Morgan fingerprint density at radius 3 is 2.48 bits per heavy atom. The van der Waals surface area contributed by atoms with Gasteiger partial charge in [0.05, 0.1) is 12.0 Å². The Morgan fingerprint density at radius 1 is 1.17 bits per heavy atom. The van der Waals surface area contributed by atoms with Gasteiger partial charge in [0.2, 0.25) is 0 Å². The number of rotatable bonds is 5. The molecule has 0 unspecified atom stereocenters. The van der Waals surface area contributed by atoms with E-state index < -0.39 is 22.5 Å². The van der Waals surface area contributed by atoms with Crippen molar-refractivity contribution in [2.75, 3.05) is 12.4 Å². The van der Waals surface area contributed by atoms with Gasteiger partial charge in [-0.15, -0.1) is 11.3 Å². The van der Waals surface area contributed by atoms with Crippen LogP contribution in [0.1, 0.15) is 25.6 Å². The van der Waals surface area contributed by atoms with Crippen molar-refractivity contribution in [1.29, 1.82) is 0 Å². The van der Waals surface area contributed by atoms with Gasteiger partial charge in [-0.25, -0.2) is 4.79 Å². The number of amides is 1. The lowest BCUT2D eigenvalue weighted by molar-refractivity contribution is -0.385. The monoisotopic (exact) mass is 430 g/mol. The molecule has 0 saturated carbocycles. The normalized spacial score (nSPS) is 10.4. The zero-order chi connectivity index (χ0) is 21.1. The Hall–Kier alpha value is -3.23. The molecule has 0 bridgehead atoms. The predicted molar refractivity (Wildman–Crippen MR) is 112 cm³/mol. The van der Waals surface area contributed by atoms with E-state index in [9.17, 15) is 19.7 Å². The Kier molecular flexibility index (Phi) is 5.95. The number of hydrogen-bond donors (Lipinski definition) is 1. The minimum Gasteiger partial charge on any atom is -0.465 e. The molecule has 7 nitrogen and oxygen atoms in total. The Balaban J connectivity index is 2.08. The number of nitro benzene ring substituents is 1. The molecular weight excluding hydrogens is 416 g/mol. The van der Waals surface area contributed by atoms with E-state index in [1.54, 1.807) is 0 Å². The highest BCUT2D eigenvalue weighted by Gasteiger charge is 2.27. The molecule has 1 amide bonds. The number of thiophene rings is 1. The van der Waals surface area contributed by atoms with E-state index in [2.05, 4.69) is 5.32 Å². The molecule has 1 N–H and O–H groups in total. The van der Waals surface area contributed by atoms with E-state index in [-0.39, 0.29) is 21.2 Å². The number of nitrogens with one attached hydrogen (secondary N) is 1. The number of nitrogens with zero attached hydrogens (tertiary/aromatic N) is 1. The summed E-state index contributed by atoms with van der Waals surface area (Å²) in [5.41, 5.74) is 1.04. The van der Waals surface area contributed by atoms with Crippen molar-refractivity contribution < 1.29 is 19.2 Å². The maximum absolute atomic E-state index is 12.8. The molecule has 0 aliphatic rings. The average molecular weight is 431 g/mol. The molecule has 29 heavy (non-hydrogen) atoms. The molecule has 9 heteroatoms. The summed E-state index contributed by atoms with van der Waals surface area (Å²) in [6.45, 7) is 1.82. The largest absolute Gasteiger partial charge is 0.465 e. The van der Waals surface area contributed by atoms with Gasteiger partial charge in [-0.1, -0.05) is 41.9 Å². The van der Waals surface area contributed by atoms with E-state index >= 15 is 0 Å². The molecule has 0 fully saturated rings. The zero-order valence-electron chi connectivity index (χ0n) is 15.4. The molecule has 1 heterocycles. The standard InChI is InChI=1S/C20H15ClN2O5S/c1-11-16(12-6-4-3-5-7-12)17(20(25)28-2)19(29-11)22-18(24)14-9-8-13(21)10-15(14)23(26)27/h3-10H,1-2H3,(H,22,24). The fourth-order valence-electron chi connectivity index (χ4n) is 2.90. The summed E-state index contributed by atoms with van der Waals surface area (Å²) >= 11 is 7.00. The van der Waals surface area contributed by atoms with Crippen LogP contribution in [0.3, 0.4) is 0 Å². The zero-order valence-corrected chi connectivity index (χ0v) is 17.0. The van der Waals surface area contributed by atoms with E-state index in [4.69, 9.17) is 16.3 Å². The van der Waals surface area contributed by atoms with Gasteiger partial charge in [-0.2, -0.15) is 0 Å². The third kappa shape index (κ3) is 4.13. The lowest BCUT2D eigenvalue weighted by Gasteiger charge is -2.08. The minimum absolute atomic E-state index is 0.141. The molecule has 0 aliphatic heterocycles. The van der Waals surface area contributed by atoms with Gasteiger partial charge < -0.3 is 10.1 Å². The lowest BCUT2D eigenvalue weighted by Crippen LogP contribution is -2.15. The Bertz CT molecular complexity index is 1110. The number of benzene rings is 2. The number of hydrogen-bond acceptors (Lipinski definition) is 6. The van der Waals surface area contributed by atoms with Gasteiger partial charge >= 0.3 is 5.97 Å². The maximum atomic E-state index is 12.8. The van der Waals surface area contributed by atoms with Crippen molar-refractivity contribution in [2.24, 2.45) is 0 Å². The second kappa shape index (κ2) is 8.42. The summed E-state index contributed by atoms with van der Waals surface area (Å²) in [5.74, 6) is -1.34. The first kappa shape index (κ1) is 20.5. The average Bonchev–Trinajstić information content (AvgIpc) is 3.03. The van der Waals surface area contributed by atoms with Crippen LogP contribution >= 0.6 is 22.9 Å². The summed E-state index contributed by atoms with van der Waals surface area (Å²) in [4.78, 5) is 36.7. The second-order valence-corrected chi connectivity index (χ2v) is 7.63. The number of nitro groups is 1. The summed E-state index contributed by atoms with van der Waals surface area (Å²) < 4.78 is 4.91. The third-order valence-corrected chi connectivity index (χ3v) is 5.42.